The van der Waals surface area contributed by atoms with Crippen LogP contribution in [0.5, 0.6) is 0 Å². The van der Waals surface area contributed by atoms with Crippen molar-refractivity contribution in [2.75, 3.05) is 5.32 Å². The van der Waals surface area contributed by atoms with Crippen LogP contribution >= 0.6 is 0 Å². The van der Waals surface area contributed by atoms with Crippen molar-refractivity contribution in [2.24, 2.45) is 5.18 Å². The summed E-state index contributed by atoms with van der Waals surface area (Å²) in [6.07, 6.45) is 5.86. The lowest BCUT2D eigenvalue weighted by atomic mass is 10.0. The van der Waals surface area contributed by atoms with Gasteiger partial charge in [-0.3, -0.25) is 9.97 Å². The van der Waals surface area contributed by atoms with Gasteiger partial charge in [0.25, 0.3) is 0 Å². The summed E-state index contributed by atoms with van der Waals surface area (Å²) >= 11 is 0. The Kier molecular flexibility index (Phi) is 2.51. The molecular weight excluding hydrogens is 228 g/mol. The highest BCUT2D eigenvalue weighted by Gasteiger charge is 2.26. The zero-order chi connectivity index (χ0) is 12.5. The lowest BCUT2D eigenvalue weighted by Crippen LogP contribution is -2.07. The first-order chi connectivity index (χ1) is 8.78. The zero-order valence-electron chi connectivity index (χ0n) is 9.92. The molecule has 1 aliphatic heterocycles. The second kappa shape index (κ2) is 4.18. The quantitative estimate of drug-likeness (QED) is 0.819. The van der Waals surface area contributed by atoms with E-state index in [1.807, 2.05) is 6.92 Å². The van der Waals surface area contributed by atoms with E-state index in [1.54, 1.807) is 24.7 Å². The van der Waals surface area contributed by atoms with Crippen LogP contribution in [-0.2, 0) is 6.42 Å². The van der Waals surface area contributed by atoms with Gasteiger partial charge in [0.2, 0.25) is 0 Å². The van der Waals surface area contributed by atoms with Gasteiger partial charge in [0.1, 0.15) is 5.69 Å². The molecule has 0 radical (unpaired) electrons. The summed E-state index contributed by atoms with van der Waals surface area (Å²) in [5.41, 5.74) is 4.33. The molecule has 1 aromatic heterocycles. The van der Waals surface area contributed by atoms with Gasteiger partial charge in [-0.05, 0) is 29.3 Å². The Morgan fingerprint density at radius 2 is 2.28 bits per heavy atom. The number of nitrogens with zero attached hydrogens (tertiary/aromatic N) is 3. The fraction of sp³-hybridized carbons (Fsp3) is 0.231. The van der Waals surface area contributed by atoms with Crippen LogP contribution in [0.3, 0.4) is 0 Å². The minimum absolute atomic E-state index is 0.0657. The molecule has 0 saturated heterocycles. The zero-order valence-corrected chi connectivity index (χ0v) is 9.92. The molecule has 90 valence electrons. The van der Waals surface area contributed by atoms with Crippen LogP contribution in [0, 0.1) is 11.8 Å². The molecular formula is C13H12N4O. The van der Waals surface area contributed by atoms with Crippen LogP contribution in [-0.4, -0.2) is 9.97 Å². The molecule has 0 aliphatic carbocycles. The number of anilines is 1. The van der Waals surface area contributed by atoms with E-state index in [0.29, 0.717) is 5.69 Å². The van der Waals surface area contributed by atoms with Crippen molar-refractivity contribution in [1.29, 1.82) is 0 Å². The molecule has 2 aromatic rings. The van der Waals surface area contributed by atoms with Crippen molar-refractivity contribution in [2.45, 2.75) is 19.4 Å². The lowest BCUT2D eigenvalue weighted by molar-refractivity contribution is 0.779. The van der Waals surface area contributed by atoms with Gasteiger partial charge < -0.3 is 5.32 Å². The molecule has 0 saturated carbocycles. The molecule has 1 unspecified atom stereocenters. The molecule has 0 spiro atoms. The summed E-state index contributed by atoms with van der Waals surface area (Å²) in [5.74, 6) is 0. The van der Waals surface area contributed by atoms with Gasteiger partial charge in [-0.25, -0.2) is 0 Å². The summed E-state index contributed by atoms with van der Waals surface area (Å²) in [4.78, 5) is 19.2. The first-order valence-electron chi connectivity index (χ1n) is 5.77. The third-order valence-electron chi connectivity index (χ3n) is 3.12. The minimum Gasteiger partial charge on any atom is -0.374 e. The number of benzene rings is 1. The first kappa shape index (κ1) is 10.8. The lowest BCUT2D eigenvalue weighted by Gasteiger charge is -2.09. The van der Waals surface area contributed by atoms with Crippen molar-refractivity contribution in [3.63, 3.8) is 0 Å². The maximum absolute atomic E-state index is 10.8. The highest BCUT2D eigenvalue weighted by Crippen LogP contribution is 2.40. The van der Waals surface area contributed by atoms with Crippen molar-refractivity contribution >= 4 is 11.4 Å². The predicted molar refractivity (Wildman–Crippen MR) is 68.7 cm³/mol. The molecule has 1 aromatic carbocycles. The highest BCUT2D eigenvalue weighted by atomic mass is 16.3. The van der Waals surface area contributed by atoms with Gasteiger partial charge >= 0.3 is 0 Å². The molecule has 1 aliphatic rings. The smallest absolute Gasteiger partial charge is 0.131 e. The molecule has 5 nitrogen and oxygen atoms in total. The summed E-state index contributed by atoms with van der Waals surface area (Å²) in [6.45, 7) is 1.96. The van der Waals surface area contributed by atoms with Crippen molar-refractivity contribution < 1.29 is 0 Å². The second-order valence-electron chi connectivity index (χ2n) is 4.44. The van der Waals surface area contributed by atoms with E-state index in [4.69, 9.17) is 0 Å². The Hall–Kier alpha value is -2.30. The number of nitrogens with one attached hydrogen (secondary N) is 1. The van der Waals surface area contributed by atoms with Gasteiger partial charge in [-0.15, -0.1) is 4.91 Å². The van der Waals surface area contributed by atoms with E-state index < -0.39 is 0 Å². The topological polar surface area (TPSA) is 67.2 Å². The van der Waals surface area contributed by atoms with Gasteiger partial charge in [0.15, 0.2) is 0 Å². The van der Waals surface area contributed by atoms with E-state index in [-0.39, 0.29) is 6.04 Å². The monoisotopic (exact) mass is 240 g/mol. The summed E-state index contributed by atoms with van der Waals surface area (Å²) in [5, 5.41) is 6.38. The Bertz CT molecular complexity index is 597. The summed E-state index contributed by atoms with van der Waals surface area (Å²) in [6, 6.07) is 3.93. The van der Waals surface area contributed by atoms with Crippen molar-refractivity contribution in [3.8, 4) is 0 Å². The third-order valence-corrected chi connectivity index (χ3v) is 3.12. The highest BCUT2D eigenvalue weighted by molar-refractivity contribution is 5.74. The maximum atomic E-state index is 10.8. The normalized spacial score (nSPS) is 17.1. The van der Waals surface area contributed by atoms with E-state index in [1.165, 1.54) is 0 Å². The number of fused-ring (bicyclic) bond motifs is 1. The molecule has 0 bridgehead atoms. The standard InChI is InChI=1S/C13H12N4O/c1-8-4-9-6-10(12-7-14-2-3-15-12)16-13(9)11(5-8)17-18/h2-5,7,10,16H,6H2,1H3. The van der Waals surface area contributed by atoms with Crippen molar-refractivity contribution in [1.82, 2.24) is 9.97 Å². The fourth-order valence-electron chi connectivity index (χ4n) is 2.35. The molecule has 18 heavy (non-hydrogen) atoms. The molecule has 1 N–H and O–H groups in total. The van der Waals surface area contributed by atoms with Gasteiger partial charge in [0, 0.05) is 18.8 Å². The fourth-order valence-corrected chi connectivity index (χ4v) is 2.35. The predicted octanol–water partition coefficient (Wildman–Crippen LogP) is 2.89. The number of aromatic nitrogens is 2. The Morgan fingerprint density at radius 1 is 1.39 bits per heavy atom. The maximum Gasteiger partial charge on any atom is 0.131 e. The number of rotatable bonds is 2. The molecule has 5 heteroatoms. The Labute approximate surface area is 104 Å². The summed E-state index contributed by atoms with van der Waals surface area (Å²) < 4.78 is 0. The van der Waals surface area contributed by atoms with Gasteiger partial charge in [0.05, 0.1) is 23.6 Å². The van der Waals surface area contributed by atoms with Crippen LogP contribution in [0.25, 0.3) is 0 Å². The SMILES string of the molecule is Cc1cc2c(c(N=O)c1)NC(c1cnccn1)C2. The van der Waals surface area contributed by atoms with Crippen LogP contribution in [0.1, 0.15) is 22.9 Å². The number of hydrogen-bond donors (Lipinski definition) is 1. The van der Waals surface area contributed by atoms with Gasteiger partial charge in [-0.2, -0.15) is 0 Å². The first-order valence-corrected chi connectivity index (χ1v) is 5.77. The van der Waals surface area contributed by atoms with Crippen LogP contribution in [0.4, 0.5) is 11.4 Å². The third kappa shape index (κ3) is 1.73. The minimum atomic E-state index is 0.0657. The largest absolute Gasteiger partial charge is 0.374 e. The Balaban J connectivity index is 1.99. The number of aryl methyl sites for hydroxylation is 1. The molecule has 1 atom stereocenters. The molecule has 0 fully saturated rings. The van der Waals surface area contributed by atoms with Crippen LogP contribution in [0.2, 0.25) is 0 Å². The van der Waals surface area contributed by atoms with E-state index >= 15 is 0 Å². The van der Waals surface area contributed by atoms with Crippen LogP contribution < -0.4 is 5.32 Å². The average Bonchev–Trinajstić information content (AvgIpc) is 2.82. The van der Waals surface area contributed by atoms with E-state index in [0.717, 1.165) is 28.9 Å². The van der Waals surface area contributed by atoms with E-state index in [9.17, 15) is 4.91 Å². The second-order valence-corrected chi connectivity index (χ2v) is 4.44. The van der Waals surface area contributed by atoms with Crippen molar-refractivity contribution in [3.05, 3.63) is 52.5 Å². The molecule has 2 heterocycles. The molecule has 3 rings (SSSR count). The van der Waals surface area contributed by atoms with Crippen LogP contribution in [0.15, 0.2) is 35.9 Å². The van der Waals surface area contributed by atoms with Gasteiger partial charge in [-0.1, -0.05) is 6.07 Å². The van der Waals surface area contributed by atoms with E-state index in [2.05, 4.69) is 26.5 Å². The number of nitroso groups, excluding NO2 is 1. The molecule has 0 amide bonds. The Morgan fingerprint density at radius 3 is 3.00 bits per heavy atom. The number of hydrogen-bond acceptors (Lipinski definition) is 5. The summed E-state index contributed by atoms with van der Waals surface area (Å²) in [7, 11) is 0. The average molecular weight is 240 g/mol.